The van der Waals surface area contributed by atoms with Crippen molar-refractivity contribution in [3.05, 3.63) is 78.0 Å². The number of methoxy groups -OCH3 is 1. The number of fused-ring (bicyclic) bond motifs is 1. The van der Waals surface area contributed by atoms with Gasteiger partial charge in [0.2, 0.25) is 0 Å². The number of anilines is 1. The number of pyridine rings is 1. The third-order valence-corrected chi connectivity index (χ3v) is 5.80. The van der Waals surface area contributed by atoms with Gasteiger partial charge in [0.25, 0.3) is 5.91 Å². The molecule has 1 atom stereocenters. The lowest BCUT2D eigenvalue weighted by atomic mass is 9.94. The van der Waals surface area contributed by atoms with Crippen LogP contribution in [0, 0.1) is 5.82 Å². The Morgan fingerprint density at radius 3 is 2.74 bits per heavy atom. The Bertz CT molecular complexity index is 1330. The van der Waals surface area contributed by atoms with Gasteiger partial charge in [0, 0.05) is 36.8 Å². The Labute approximate surface area is 197 Å². The number of aromatic nitrogens is 3. The van der Waals surface area contributed by atoms with Crippen molar-refractivity contribution in [2.24, 2.45) is 0 Å². The zero-order chi connectivity index (χ0) is 24.1. The Kier molecular flexibility index (Phi) is 6.96. The normalized spacial score (nSPS) is 11.8. The molecule has 1 unspecified atom stereocenters. The molecule has 0 fully saturated rings. The molecular weight excluding hydrogens is 433 g/mol. The van der Waals surface area contributed by atoms with Crippen LogP contribution in [-0.2, 0) is 0 Å². The number of nitrogens with one attached hydrogen (secondary N) is 2. The van der Waals surface area contributed by atoms with Crippen molar-refractivity contribution < 1.29 is 13.9 Å². The van der Waals surface area contributed by atoms with Crippen LogP contribution in [0.25, 0.3) is 22.2 Å². The van der Waals surface area contributed by atoms with Crippen LogP contribution in [-0.4, -0.2) is 41.6 Å². The second-order valence-electron chi connectivity index (χ2n) is 7.94. The van der Waals surface area contributed by atoms with E-state index in [2.05, 4.69) is 38.6 Å². The Hall–Kier alpha value is -4.07. The zero-order valence-corrected chi connectivity index (χ0v) is 19.3. The van der Waals surface area contributed by atoms with E-state index in [1.165, 1.54) is 19.5 Å². The van der Waals surface area contributed by atoms with Gasteiger partial charge in [-0.1, -0.05) is 25.1 Å². The van der Waals surface area contributed by atoms with Crippen molar-refractivity contribution in [3.63, 3.8) is 0 Å². The van der Waals surface area contributed by atoms with E-state index in [4.69, 9.17) is 4.74 Å². The summed E-state index contributed by atoms with van der Waals surface area (Å²) in [5, 5.41) is 6.85. The number of halogens is 1. The first-order chi connectivity index (χ1) is 16.5. The lowest BCUT2D eigenvalue weighted by Gasteiger charge is -2.16. The molecule has 7 nitrogen and oxygen atoms in total. The van der Waals surface area contributed by atoms with Crippen LogP contribution >= 0.6 is 0 Å². The van der Waals surface area contributed by atoms with E-state index in [9.17, 15) is 9.18 Å². The minimum Gasteiger partial charge on any atom is -0.494 e. The quantitative estimate of drug-likeness (QED) is 0.393. The number of para-hydroxylation sites is 1. The van der Waals surface area contributed by atoms with Gasteiger partial charge in [-0.3, -0.25) is 9.78 Å². The number of ether oxygens (including phenoxy) is 1. The molecule has 2 heterocycles. The summed E-state index contributed by atoms with van der Waals surface area (Å²) in [6.45, 7) is 2.80. The predicted molar refractivity (Wildman–Crippen MR) is 131 cm³/mol. The average Bonchev–Trinajstić information content (AvgIpc) is 2.87. The fourth-order valence-electron chi connectivity index (χ4n) is 3.94. The van der Waals surface area contributed by atoms with E-state index in [1.54, 1.807) is 37.5 Å². The summed E-state index contributed by atoms with van der Waals surface area (Å²) in [4.78, 5) is 25.3. The number of amides is 1. The Balaban J connectivity index is 1.46. The van der Waals surface area contributed by atoms with Crippen molar-refractivity contribution in [2.75, 3.05) is 26.0 Å². The molecular formula is C26H26FN5O2. The standard InChI is InChI=1S/C26H26FN5O2/c1-16(18-5-4-6-19-20(26(33)28-2)10-12-30-25(18)19)9-11-29-24-14-22(31-15-32-24)17-7-8-23(34-3)21(27)13-17/h4-8,10,12-16H,9,11H2,1-3H3,(H,28,33)(H,29,31,32). The van der Waals surface area contributed by atoms with Gasteiger partial charge in [0.05, 0.1) is 23.9 Å². The molecule has 174 valence electrons. The number of hydrogen-bond acceptors (Lipinski definition) is 6. The average molecular weight is 460 g/mol. The molecule has 2 aromatic carbocycles. The number of hydrogen-bond donors (Lipinski definition) is 2. The SMILES string of the molecule is CNC(=O)c1ccnc2c(C(C)CCNc3cc(-c4ccc(OC)c(F)c4)ncn3)cccc12. The molecule has 0 saturated heterocycles. The van der Waals surface area contributed by atoms with Gasteiger partial charge in [-0.15, -0.1) is 0 Å². The summed E-state index contributed by atoms with van der Waals surface area (Å²) in [6, 6.07) is 14.2. The highest BCUT2D eigenvalue weighted by atomic mass is 19.1. The van der Waals surface area contributed by atoms with E-state index in [-0.39, 0.29) is 17.6 Å². The smallest absolute Gasteiger partial charge is 0.251 e. The third-order valence-electron chi connectivity index (χ3n) is 5.80. The van der Waals surface area contributed by atoms with E-state index in [0.717, 1.165) is 22.9 Å². The molecule has 0 spiro atoms. The molecule has 1 amide bonds. The summed E-state index contributed by atoms with van der Waals surface area (Å²) < 4.78 is 19.1. The molecule has 8 heteroatoms. The molecule has 4 rings (SSSR count). The fraction of sp³-hybridized carbons (Fsp3) is 0.231. The molecule has 0 aliphatic rings. The van der Waals surface area contributed by atoms with Gasteiger partial charge in [-0.2, -0.15) is 0 Å². The highest BCUT2D eigenvalue weighted by Crippen LogP contribution is 2.29. The molecule has 0 aliphatic carbocycles. The van der Waals surface area contributed by atoms with E-state index >= 15 is 0 Å². The first-order valence-corrected chi connectivity index (χ1v) is 11.0. The van der Waals surface area contributed by atoms with Crippen LogP contribution in [0.1, 0.15) is 35.2 Å². The summed E-state index contributed by atoms with van der Waals surface area (Å²) in [7, 11) is 3.05. The van der Waals surface area contributed by atoms with E-state index < -0.39 is 5.82 Å². The molecule has 2 aromatic heterocycles. The van der Waals surface area contributed by atoms with Crippen molar-refractivity contribution in [2.45, 2.75) is 19.3 Å². The molecule has 0 saturated carbocycles. The number of carbonyl (C=O) groups excluding carboxylic acids is 1. The van der Waals surface area contributed by atoms with Crippen LogP contribution in [0.5, 0.6) is 5.75 Å². The van der Waals surface area contributed by atoms with Gasteiger partial charge in [-0.05, 0) is 42.2 Å². The zero-order valence-electron chi connectivity index (χ0n) is 19.3. The molecule has 4 aromatic rings. The van der Waals surface area contributed by atoms with Crippen molar-refractivity contribution in [1.29, 1.82) is 0 Å². The topological polar surface area (TPSA) is 89.0 Å². The fourth-order valence-corrected chi connectivity index (χ4v) is 3.94. The second kappa shape index (κ2) is 10.2. The molecule has 0 aliphatic heterocycles. The second-order valence-corrected chi connectivity index (χ2v) is 7.94. The first kappa shape index (κ1) is 23.1. The van der Waals surface area contributed by atoms with Gasteiger partial charge in [0.15, 0.2) is 11.6 Å². The maximum Gasteiger partial charge on any atom is 0.251 e. The van der Waals surface area contributed by atoms with Gasteiger partial charge in [0.1, 0.15) is 12.1 Å². The molecule has 0 bridgehead atoms. The minimum atomic E-state index is -0.440. The summed E-state index contributed by atoms with van der Waals surface area (Å²) in [5.41, 5.74) is 3.80. The van der Waals surface area contributed by atoms with Gasteiger partial charge < -0.3 is 15.4 Å². The van der Waals surface area contributed by atoms with Crippen LogP contribution in [0.2, 0.25) is 0 Å². The summed E-state index contributed by atoms with van der Waals surface area (Å²) >= 11 is 0. The highest BCUT2D eigenvalue weighted by Gasteiger charge is 2.15. The lowest BCUT2D eigenvalue weighted by molar-refractivity contribution is 0.0964. The Morgan fingerprint density at radius 2 is 1.97 bits per heavy atom. The lowest BCUT2D eigenvalue weighted by Crippen LogP contribution is -2.18. The van der Waals surface area contributed by atoms with Crippen molar-refractivity contribution in [1.82, 2.24) is 20.3 Å². The maximum absolute atomic E-state index is 14.1. The number of carbonyl (C=O) groups is 1. The largest absolute Gasteiger partial charge is 0.494 e. The first-order valence-electron chi connectivity index (χ1n) is 11.0. The Morgan fingerprint density at radius 1 is 1.12 bits per heavy atom. The monoisotopic (exact) mass is 459 g/mol. The van der Waals surface area contributed by atoms with Crippen molar-refractivity contribution in [3.8, 4) is 17.0 Å². The molecule has 2 N–H and O–H groups in total. The van der Waals surface area contributed by atoms with Crippen molar-refractivity contribution >= 4 is 22.6 Å². The maximum atomic E-state index is 14.1. The van der Waals surface area contributed by atoms with Crippen LogP contribution in [0.3, 0.4) is 0 Å². The van der Waals surface area contributed by atoms with E-state index in [0.29, 0.717) is 29.2 Å². The number of nitrogens with zero attached hydrogens (tertiary/aromatic N) is 3. The van der Waals surface area contributed by atoms with Crippen LogP contribution < -0.4 is 15.4 Å². The van der Waals surface area contributed by atoms with Crippen LogP contribution in [0.15, 0.2) is 61.1 Å². The summed E-state index contributed by atoms with van der Waals surface area (Å²) in [6.07, 6.45) is 3.95. The van der Waals surface area contributed by atoms with Gasteiger partial charge in [-0.25, -0.2) is 14.4 Å². The van der Waals surface area contributed by atoms with E-state index in [1.807, 2.05) is 12.1 Å². The highest BCUT2D eigenvalue weighted by molar-refractivity contribution is 6.06. The molecule has 0 radical (unpaired) electrons. The van der Waals surface area contributed by atoms with Crippen LogP contribution in [0.4, 0.5) is 10.2 Å². The summed E-state index contributed by atoms with van der Waals surface area (Å²) in [5.74, 6) is 0.475. The molecule has 34 heavy (non-hydrogen) atoms. The number of benzene rings is 2. The minimum absolute atomic E-state index is 0.129. The van der Waals surface area contributed by atoms with Gasteiger partial charge >= 0.3 is 0 Å². The number of rotatable bonds is 8. The third kappa shape index (κ3) is 4.80. The predicted octanol–water partition coefficient (Wildman–Crippen LogP) is 4.80.